The van der Waals surface area contributed by atoms with Crippen molar-refractivity contribution < 1.29 is 14.3 Å². The molecule has 1 amide bonds. The third-order valence-electron chi connectivity index (χ3n) is 2.98. The molecule has 0 saturated carbocycles. The van der Waals surface area contributed by atoms with Crippen LogP contribution in [0.3, 0.4) is 0 Å². The first-order chi connectivity index (χ1) is 10.3. The highest BCUT2D eigenvalue weighted by atomic mass is 16.6. The molecule has 106 valence electrons. The second-order valence-corrected chi connectivity index (χ2v) is 4.47. The fourth-order valence-electron chi connectivity index (χ4n) is 1.95. The number of hydrogen-bond acceptors (Lipinski definition) is 4. The van der Waals surface area contributed by atoms with Crippen LogP contribution in [0.5, 0.6) is 11.5 Å². The normalized spacial score (nSPS) is 13.1. The summed E-state index contributed by atoms with van der Waals surface area (Å²) in [7, 11) is 0. The molecule has 1 heterocycles. The highest BCUT2D eigenvalue weighted by molar-refractivity contribution is 5.95. The third-order valence-corrected chi connectivity index (χ3v) is 2.98. The number of nitrogens with zero attached hydrogens (tertiary/aromatic N) is 1. The van der Waals surface area contributed by atoms with E-state index >= 15 is 0 Å². The monoisotopic (exact) mass is 282 g/mol. The van der Waals surface area contributed by atoms with Crippen molar-refractivity contribution in [1.82, 2.24) is 5.43 Å². The Kier molecular flexibility index (Phi) is 3.82. The number of benzene rings is 2. The van der Waals surface area contributed by atoms with Crippen molar-refractivity contribution in [2.75, 3.05) is 13.2 Å². The van der Waals surface area contributed by atoms with Gasteiger partial charge in [0.25, 0.3) is 5.91 Å². The molecule has 1 aliphatic heterocycles. The van der Waals surface area contributed by atoms with Crippen LogP contribution < -0.4 is 14.9 Å². The first kappa shape index (κ1) is 13.2. The van der Waals surface area contributed by atoms with Crippen LogP contribution in [0.4, 0.5) is 0 Å². The van der Waals surface area contributed by atoms with Gasteiger partial charge in [0, 0.05) is 5.56 Å². The molecule has 0 spiro atoms. The summed E-state index contributed by atoms with van der Waals surface area (Å²) in [6.45, 7) is 1.02. The van der Waals surface area contributed by atoms with Crippen molar-refractivity contribution in [2.45, 2.75) is 0 Å². The van der Waals surface area contributed by atoms with Gasteiger partial charge in [-0.1, -0.05) is 30.3 Å². The Balaban J connectivity index is 1.67. The van der Waals surface area contributed by atoms with E-state index in [1.807, 2.05) is 30.3 Å². The molecule has 5 nitrogen and oxygen atoms in total. The van der Waals surface area contributed by atoms with E-state index in [1.165, 1.54) is 0 Å². The van der Waals surface area contributed by atoms with E-state index in [0.29, 0.717) is 30.3 Å². The van der Waals surface area contributed by atoms with Crippen LogP contribution in [0.2, 0.25) is 0 Å². The molecule has 21 heavy (non-hydrogen) atoms. The molecule has 3 rings (SSSR count). The summed E-state index contributed by atoms with van der Waals surface area (Å²) in [5, 5.41) is 3.93. The Bertz CT molecular complexity index is 668. The Hall–Kier alpha value is -2.82. The van der Waals surface area contributed by atoms with Crippen LogP contribution in [0.1, 0.15) is 15.9 Å². The number of carbonyl (C=O) groups is 1. The number of ether oxygens (including phenoxy) is 2. The Morgan fingerprint density at radius 2 is 1.81 bits per heavy atom. The molecule has 0 bridgehead atoms. The van der Waals surface area contributed by atoms with Crippen molar-refractivity contribution in [1.29, 1.82) is 0 Å². The Morgan fingerprint density at radius 3 is 2.62 bits per heavy atom. The van der Waals surface area contributed by atoms with E-state index in [9.17, 15) is 4.79 Å². The highest BCUT2D eigenvalue weighted by Crippen LogP contribution is 2.30. The molecule has 1 N–H and O–H groups in total. The first-order valence-corrected chi connectivity index (χ1v) is 6.61. The maximum atomic E-state index is 12.0. The van der Waals surface area contributed by atoms with E-state index in [0.717, 1.165) is 5.56 Å². The van der Waals surface area contributed by atoms with Crippen molar-refractivity contribution in [3.63, 3.8) is 0 Å². The summed E-state index contributed by atoms with van der Waals surface area (Å²) in [4.78, 5) is 12.0. The van der Waals surface area contributed by atoms with Gasteiger partial charge in [0.05, 0.1) is 6.21 Å². The van der Waals surface area contributed by atoms with Gasteiger partial charge in [-0.3, -0.25) is 4.79 Å². The number of fused-ring (bicyclic) bond motifs is 1. The Morgan fingerprint density at radius 1 is 1.05 bits per heavy atom. The van der Waals surface area contributed by atoms with E-state index in [4.69, 9.17) is 9.47 Å². The van der Waals surface area contributed by atoms with Gasteiger partial charge in [-0.05, 0) is 23.8 Å². The van der Waals surface area contributed by atoms with Crippen LogP contribution in [0.25, 0.3) is 0 Å². The van der Waals surface area contributed by atoms with Gasteiger partial charge in [-0.15, -0.1) is 0 Å². The molecule has 0 radical (unpaired) electrons. The zero-order chi connectivity index (χ0) is 14.5. The molecule has 0 unspecified atom stereocenters. The molecule has 0 aromatic heterocycles. The number of hydrogen-bond donors (Lipinski definition) is 1. The smallest absolute Gasteiger partial charge is 0.271 e. The van der Waals surface area contributed by atoms with Crippen LogP contribution in [0, 0.1) is 0 Å². The molecule has 0 aliphatic carbocycles. The number of rotatable bonds is 3. The standard InChI is InChI=1S/C16H14N2O3/c19-16(18-17-11-12-4-2-1-3-5-12)13-6-7-14-15(10-13)21-9-8-20-14/h1-7,10-11H,8-9H2,(H,18,19). The first-order valence-electron chi connectivity index (χ1n) is 6.61. The number of nitrogens with one attached hydrogen (secondary N) is 1. The molecule has 2 aromatic rings. The average Bonchev–Trinajstić information content (AvgIpc) is 2.55. The van der Waals surface area contributed by atoms with Crippen molar-refractivity contribution in [2.24, 2.45) is 5.10 Å². The summed E-state index contributed by atoms with van der Waals surface area (Å²) < 4.78 is 10.9. The van der Waals surface area contributed by atoms with Crippen molar-refractivity contribution >= 4 is 12.1 Å². The second kappa shape index (κ2) is 6.09. The van der Waals surface area contributed by atoms with E-state index in [-0.39, 0.29) is 5.91 Å². The summed E-state index contributed by atoms with van der Waals surface area (Å²) >= 11 is 0. The minimum Gasteiger partial charge on any atom is -0.486 e. The topological polar surface area (TPSA) is 59.9 Å². The van der Waals surface area contributed by atoms with E-state index < -0.39 is 0 Å². The largest absolute Gasteiger partial charge is 0.486 e. The number of carbonyl (C=O) groups excluding carboxylic acids is 1. The SMILES string of the molecule is O=C(NN=Cc1ccccc1)c1ccc2c(c1)OCCO2. The van der Waals surface area contributed by atoms with Crippen LogP contribution in [0.15, 0.2) is 53.6 Å². The lowest BCUT2D eigenvalue weighted by atomic mass is 10.2. The minimum atomic E-state index is -0.292. The summed E-state index contributed by atoms with van der Waals surface area (Å²) in [6.07, 6.45) is 1.59. The minimum absolute atomic E-state index is 0.292. The fraction of sp³-hybridized carbons (Fsp3) is 0.125. The lowest BCUT2D eigenvalue weighted by Gasteiger charge is -2.18. The second-order valence-electron chi connectivity index (χ2n) is 4.47. The van der Waals surface area contributed by atoms with E-state index in [2.05, 4.69) is 10.5 Å². The fourth-order valence-corrected chi connectivity index (χ4v) is 1.95. The summed E-state index contributed by atoms with van der Waals surface area (Å²) in [5.41, 5.74) is 3.88. The Labute approximate surface area is 122 Å². The highest BCUT2D eigenvalue weighted by Gasteiger charge is 2.14. The van der Waals surface area contributed by atoms with Gasteiger partial charge in [0.1, 0.15) is 13.2 Å². The van der Waals surface area contributed by atoms with Crippen LogP contribution in [-0.4, -0.2) is 25.3 Å². The predicted molar refractivity (Wildman–Crippen MR) is 78.9 cm³/mol. The zero-order valence-electron chi connectivity index (χ0n) is 11.3. The van der Waals surface area contributed by atoms with Gasteiger partial charge < -0.3 is 9.47 Å². The van der Waals surface area contributed by atoms with Gasteiger partial charge >= 0.3 is 0 Å². The van der Waals surface area contributed by atoms with Gasteiger partial charge in [0.2, 0.25) is 0 Å². The molecule has 1 aliphatic rings. The summed E-state index contributed by atoms with van der Waals surface area (Å²) in [5.74, 6) is 0.950. The summed E-state index contributed by atoms with van der Waals surface area (Å²) in [6, 6.07) is 14.6. The third kappa shape index (κ3) is 3.20. The zero-order valence-corrected chi connectivity index (χ0v) is 11.3. The molecular weight excluding hydrogens is 268 g/mol. The van der Waals surface area contributed by atoms with Gasteiger partial charge in [-0.25, -0.2) is 5.43 Å². The molecule has 0 fully saturated rings. The van der Waals surface area contributed by atoms with Crippen molar-refractivity contribution in [3.05, 3.63) is 59.7 Å². The van der Waals surface area contributed by atoms with Gasteiger partial charge in [0.15, 0.2) is 11.5 Å². The molecule has 0 atom stereocenters. The molecule has 5 heteroatoms. The molecule has 2 aromatic carbocycles. The number of amides is 1. The predicted octanol–water partition coefficient (Wildman–Crippen LogP) is 2.22. The molecular formula is C16H14N2O3. The lowest BCUT2D eigenvalue weighted by Crippen LogP contribution is -2.19. The van der Waals surface area contributed by atoms with Crippen LogP contribution in [-0.2, 0) is 0 Å². The maximum absolute atomic E-state index is 12.0. The van der Waals surface area contributed by atoms with Crippen LogP contribution >= 0.6 is 0 Å². The quantitative estimate of drug-likeness (QED) is 0.693. The molecule has 0 saturated heterocycles. The number of hydrazone groups is 1. The van der Waals surface area contributed by atoms with E-state index in [1.54, 1.807) is 24.4 Å². The average molecular weight is 282 g/mol. The lowest BCUT2D eigenvalue weighted by molar-refractivity contribution is 0.0954. The van der Waals surface area contributed by atoms with Crippen molar-refractivity contribution in [3.8, 4) is 11.5 Å². The maximum Gasteiger partial charge on any atom is 0.271 e. The van der Waals surface area contributed by atoms with Gasteiger partial charge in [-0.2, -0.15) is 5.10 Å².